The fraction of sp³-hybridized carbons (Fsp3) is 0.435. The molecule has 0 spiro atoms. The van der Waals surface area contributed by atoms with Crippen molar-refractivity contribution in [1.82, 2.24) is 10.2 Å². The molecular weight excluding hydrogens is 336 g/mol. The molecule has 27 heavy (non-hydrogen) atoms. The van der Waals surface area contributed by atoms with E-state index in [1.807, 2.05) is 60.7 Å². The van der Waals surface area contributed by atoms with E-state index in [1.54, 1.807) is 0 Å². The Hall–Kier alpha value is -2.17. The topological polar surface area (TPSA) is 41.6 Å². The summed E-state index contributed by atoms with van der Waals surface area (Å²) in [6.07, 6.45) is 3.42. The van der Waals surface area contributed by atoms with Crippen LogP contribution in [0.5, 0.6) is 0 Å². The van der Waals surface area contributed by atoms with E-state index < -0.39 is 0 Å². The highest BCUT2D eigenvalue weighted by atomic mass is 16.5. The van der Waals surface area contributed by atoms with Gasteiger partial charge in [-0.15, -0.1) is 0 Å². The van der Waals surface area contributed by atoms with Crippen molar-refractivity contribution in [2.75, 3.05) is 33.3 Å². The van der Waals surface area contributed by atoms with Gasteiger partial charge in [0.05, 0.1) is 12.0 Å². The second-order valence-corrected chi connectivity index (χ2v) is 7.27. The Labute approximate surface area is 162 Å². The molecule has 0 aliphatic carbocycles. The third-order valence-corrected chi connectivity index (χ3v) is 5.17. The molecule has 1 N–H and O–H groups in total. The number of hydrogen-bond donors (Lipinski definition) is 1. The Morgan fingerprint density at radius 3 is 2.15 bits per heavy atom. The van der Waals surface area contributed by atoms with Crippen molar-refractivity contribution in [1.29, 1.82) is 0 Å². The van der Waals surface area contributed by atoms with Gasteiger partial charge in [0.25, 0.3) is 0 Å². The van der Waals surface area contributed by atoms with Gasteiger partial charge in [-0.1, -0.05) is 60.7 Å². The number of carbonyl (C=O) groups excluding carboxylic acids is 1. The molecule has 4 heteroatoms. The van der Waals surface area contributed by atoms with Gasteiger partial charge in [0.2, 0.25) is 5.91 Å². The van der Waals surface area contributed by atoms with E-state index in [1.165, 1.54) is 0 Å². The normalized spacial score (nSPS) is 15.8. The number of benzene rings is 2. The van der Waals surface area contributed by atoms with Crippen LogP contribution in [-0.2, 0) is 9.53 Å². The van der Waals surface area contributed by atoms with Crippen LogP contribution in [0.25, 0.3) is 0 Å². The van der Waals surface area contributed by atoms with Crippen molar-refractivity contribution >= 4 is 5.91 Å². The smallest absolute Gasteiger partial charge is 0.232 e. The molecule has 0 unspecified atom stereocenters. The minimum atomic E-state index is -0.276. The zero-order valence-corrected chi connectivity index (χ0v) is 16.1. The van der Waals surface area contributed by atoms with Crippen molar-refractivity contribution in [3.63, 3.8) is 0 Å². The van der Waals surface area contributed by atoms with Crippen LogP contribution in [0.3, 0.4) is 0 Å². The largest absolute Gasteiger partial charge is 0.378 e. The maximum absolute atomic E-state index is 12.9. The lowest BCUT2D eigenvalue weighted by molar-refractivity contribution is -0.121. The summed E-state index contributed by atoms with van der Waals surface area (Å²) in [5, 5.41) is 3.10. The van der Waals surface area contributed by atoms with Gasteiger partial charge < -0.3 is 15.0 Å². The third kappa shape index (κ3) is 5.91. The van der Waals surface area contributed by atoms with Crippen molar-refractivity contribution in [2.24, 2.45) is 0 Å². The molecule has 0 bridgehead atoms. The lowest BCUT2D eigenvalue weighted by Gasteiger charge is -2.28. The summed E-state index contributed by atoms with van der Waals surface area (Å²) >= 11 is 0. The number of carbonyl (C=O) groups is 1. The summed E-state index contributed by atoms with van der Waals surface area (Å²) in [5.74, 6) is -0.228. The average Bonchev–Trinajstić information content (AvgIpc) is 2.71. The van der Waals surface area contributed by atoms with Gasteiger partial charge in [-0.25, -0.2) is 0 Å². The van der Waals surface area contributed by atoms with Crippen LogP contribution >= 0.6 is 0 Å². The molecule has 0 aromatic heterocycles. The van der Waals surface area contributed by atoms with E-state index in [0.717, 1.165) is 43.5 Å². The minimum absolute atomic E-state index is 0.0479. The van der Waals surface area contributed by atoms with Gasteiger partial charge in [-0.05, 0) is 37.4 Å². The second kappa shape index (κ2) is 10.2. The second-order valence-electron chi connectivity index (χ2n) is 7.27. The molecule has 1 aliphatic rings. The first-order chi connectivity index (χ1) is 13.2. The standard InChI is InChI=1S/C23H30N2O2/c1-25-16-13-21(14-17-25)27-18-8-15-24-23(26)22(19-9-4-2-5-10-19)20-11-6-3-7-12-20/h2-7,9-12,21-22H,8,13-18H2,1H3,(H,24,26). The average molecular weight is 367 g/mol. The minimum Gasteiger partial charge on any atom is -0.378 e. The number of hydrogen-bond acceptors (Lipinski definition) is 3. The third-order valence-electron chi connectivity index (χ3n) is 5.17. The molecule has 3 rings (SSSR count). The molecular formula is C23H30N2O2. The number of nitrogens with one attached hydrogen (secondary N) is 1. The van der Waals surface area contributed by atoms with Crippen LogP contribution in [0.1, 0.15) is 36.3 Å². The van der Waals surface area contributed by atoms with Crippen molar-refractivity contribution in [3.8, 4) is 0 Å². The monoisotopic (exact) mass is 366 g/mol. The van der Waals surface area contributed by atoms with Crippen LogP contribution in [0.2, 0.25) is 0 Å². The van der Waals surface area contributed by atoms with Crippen molar-refractivity contribution < 1.29 is 9.53 Å². The van der Waals surface area contributed by atoms with Crippen molar-refractivity contribution in [3.05, 3.63) is 71.8 Å². The molecule has 0 atom stereocenters. The van der Waals surface area contributed by atoms with E-state index in [-0.39, 0.29) is 11.8 Å². The SMILES string of the molecule is CN1CCC(OCCCNC(=O)C(c2ccccc2)c2ccccc2)CC1. The van der Waals surface area contributed by atoms with Gasteiger partial charge in [0.1, 0.15) is 0 Å². The van der Waals surface area contributed by atoms with Gasteiger partial charge in [0, 0.05) is 26.2 Å². The van der Waals surface area contributed by atoms with E-state index in [0.29, 0.717) is 19.3 Å². The summed E-state index contributed by atoms with van der Waals surface area (Å²) in [7, 11) is 2.15. The summed E-state index contributed by atoms with van der Waals surface area (Å²) in [5.41, 5.74) is 2.03. The van der Waals surface area contributed by atoms with Crippen LogP contribution in [0, 0.1) is 0 Å². The lowest BCUT2D eigenvalue weighted by Crippen LogP contribution is -2.35. The molecule has 144 valence electrons. The Morgan fingerprint density at radius 2 is 1.59 bits per heavy atom. The number of likely N-dealkylation sites (tertiary alicyclic amines) is 1. The number of nitrogens with zero attached hydrogens (tertiary/aromatic N) is 1. The van der Waals surface area contributed by atoms with E-state index in [2.05, 4.69) is 17.3 Å². The van der Waals surface area contributed by atoms with Gasteiger partial charge >= 0.3 is 0 Å². The molecule has 0 saturated carbocycles. The molecule has 1 fully saturated rings. The van der Waals surface area contributed by atoms with Crippen LogP contribution in [0.15, 0.2) is 60.7 Å². The highest BCUT2D eigenvalue weighted by Crippen LogP contribution is 2.24. The first-order valence-electron chi connectivity index (χ1n) is 9.92. The van der Waals surface area contributed by atoms with Gasteiger partial charge in [-0.2, -0.15) is 0 Å². The molecule has 1 heterocycles. The number of ether oxygens (including phenoxy) is 1. The number of amides is 1. The summed E-state index contributed by atoms with van der Waals surface area (Å²) < 4.78 is 5.96. The summed E-state index contributed by atoms with van der Waals surface area (Å²) in [6, 6.07) is 19.9. The highest BCUT2D eigenvalue weighted by Gasteiger charge is 2.22. The fourth-order valence-corrected chi connectivity index (χ4v) is 3.57. The Balaban J connectivity index is 1.48. The van der Waals surface area contributed by atoms with Crippen LogP contribution in [0.4, 0.5) is 0 Å². The van der Waals surface area contributed by atoms with Crippen LogP contribution in [-0.4, -0.2) is 50.2 Å². The Morgan fingerprint density at radius 1 is 1.04 bits per heavy atom. The molecule has 4 nitrogen and oxygen atoms in total. The molecule has 2 aromatic rings. The molecule has 1 aliphatic heterocycles. The summed E-state index contributed by atoms with van der Waals surface area (Å²) in [6.45, 7) is 3.56. The maximum Gasteiger partial charge on any atom is 0.232 e. The predicted octanol–water partition coefficient (Wildman–Crippen LogP) is 3.44. The van der Waals surface area contributed by atoms with Gasteiger partial charge in [0.15, 0.2) is 0 Å². The molecule has 1 saturated heterocycles. The number of rotatable bonds is 8. The van der Waals surface area contributed by atoms with E-state index >= 15 is 0 Å². The quantitative estimate of drug-likeness (QED) is 0.728. The molecule has 2 aromatic carbocycles. The molecule has 0 radical (unpaired) electrons. The zero-order valence-electron chi connectivity index (χ0n) is 16.1. The maximum atomic E-state index is 12.9. The Bertz CT molecular complexity index is 643. The highest BCUT2D eigenvalue weighted by molar-refractivity contribution is 5.87. The van der Waals surface area contributed by atoms with Crippen molar-refractivity contribution in [2.45, 2.75) is 31.3 Å². The first-order valence-corrected chi connectivity index (χ1v) is 9.92. The lowest BCUT2D eigenvalue weighted by atomic mass is 9.90. The number of piperidine rings is 1. The first kappa shape index (κ1) is 19.6. The van der Waals surface area contributed by atoms with E-state index in [9.17, 15) is 4.79 Å². The van der Waals surface area contributed by atoms with E-state index in [4.69, 9.17) is 4.74 Å². The predicted molar refractivity (Wildman–Crippen MR) is 109 cm³/mol. The van der Waals surface area contributed by atoms with Gasteiger partial charge in [-0.3, -0.25) is 4.79 Å². The van der Waals surface area contributed by atoms with Crippen LogP contribution < -0.4 is 5.32 Å². The zero-order chi connectivity index (χ0) is 18.9. The molecule has 1 amide bonds. The Kier molecular flexibility index (Phi) is 7.43. The fourth-order valence-electron chi connectivity index (χ4n) is 3.57. The summed E-state index contributed by atoms with van der Waals surface area (Å²) in [4.78, 5) is 15.2.